The maximum absolute atomic E-state index is 12.6. The van der Waals surface area contributed by atoms with E-state index in [1.807, 2.05) is 36.4 Å². The minimum atomic E-state index is -1.21. The van der Waals surface area contributed by atoms with Crippen molar-refractivity contribution in [3.8, 4) is 0 Å². The van der Waals surface area contributed by atoms with E-state index in [0.717, 1.165) is 5.69 Å². The van der Waals surface area contributed by atoms with Gasteiger partial charge in [0.2, 0.25) is 5.91 Å². The summed E-state index contributed by atoms with van der Waals surface area (Å²) < 4.78 is 0. The van der Waals surface area contributed by atoms with Crippen molar-refractivity contribution in [2.75, 3.05) is 17.3 Å². The highest BCUT2D eigenvalue weighted by Crippen LogP contribution is 2.27. The van der Waals surface area contributed by atoms with Gasteiger partial charge in [0.15, 0.2) is 0 Å². The summed E-state index contributed by atoms with van der Waals surface area (Å²) in [5, 5.41) is 14.0. The summed E-state index contributed by atoms with van der Waals surface area (Å²) in [5.74, 6) is -3.24. The molecule has 1 aliphatic rings. The Bertz CT molecular complexity index is 891. The largest absolute Gasteiger partial charge is 0.550 e. The summed E-state index contributed by atoms with van der Waals surface area (Å²) in [7, 11) is 1.70. The minimum Gasteiger partial charge on any atom is -0.550 e. The number of nitrogens with zero attached hydrogens (tertiary/aromatic N) is 1. The Kier molecular flexibility index (Phi) is 5.89. The molecule has 0 spiro atoms. The smallest absolute Gasteiger partial charge is 0.258 e. The molecule has 0 saturated carbocycles. The number of para-hydroxylation sites is 1. The van der Waals surface area contributed by atoms with Gasteiger partial charge in [-0.15, -0.1) is 0 Å². The van der Waals surface area contributed by atoms with Crippen LogP contribution in [0.4, 0.5) is 11.4 Å². The molecule has 28 heavy (non-hydrogen) atoms. The average molecular weight is 377 g/mol. The fourth-order valence-electron chi connectivity index (χ4n) is 3.26. The van der Waals surface area contributed by atoms with Crippen LogP contribution in [0.5, 0.6) is 0 Å². The van der Waals surface area contributed by atoms with E-state index >= 15 is 0 Å². The van der Waals surface area contributed by atoms with Crippen molar-refractivity contribution in [3.05, 3.63) is 72.3 Å². The number of carbonyl (C=O) groups excluding carboxylic acids is 3. The monoisotopic (exact) mass is 377 g/mol. The lowest BCUT2D eigenvalue weighted by Gasteiger charge is -2.28. The number of hydrogen-bond acceptors (Lipinski definition) is 4. The standard InChI is InChI=1S/C22H22N2O4/c1-24(17-7-3-2-4-8-17)21(26)15-11-13-16(14-12-15)23-20(25)18-9-5-6-10-19(18)22(27)28/h2-8,11-14,18-19H,9-10H2,1H3,(H,23,25)(H,27,28)/p-1/t18-,19+/m0/s1. The van der Waals surface area contributed by atoms with Gasteiger partial charge in [0, 0.05) is 35.9 Å². The summed E-state index contributed by atoms with van der Waals surface area (Å²) in [4.78, 5) is 37.9. The van der Waals surface area contributed by atoms with Crippen LogP contribution in [0.3, 0.4) is 0 Å². The first-order chi connectivity index (χ1) is 13.5. The Hall–Kier alpha value is -3.41. The SMILES string of the molecule is CN(C(=O)c1ccc(NC(=O)[C@H]2CC=CC[C@H]2C(=O)[O-])cc1)c1ccccc1. The van der Waals surface area contributed by atoms with Crippen LogP contribution in [-0.2, 0) is 9.59 Å². The molecule has 0 unspecified atom stereocenters. The Balaban J connectivity index is 1.67. The summed E-state index contributed by atoms with van der Waals surface area (Å²) in [6, 6.07) is 15.8. The second kappa shape index (κ2) is 8.52. The second-order valence-electron chi connectivity index (χ2n) is 6.74. The maximum Gasteiger partial charge on any atom is 0.258 e. The van der Waals surface area contributed by atoms with Gasteiger partial charge in [-0.2, -0.15) is 0 Å². The number of amides is 2. The van der Waals surface area contributed by atoms with E-state index in [2.05, 4.69) is 5.32 Å². The number of carbonyl (C=O) groups is 3. The number of carboxylic acid groups (broad SMARTS) is 1. The quantitative estimate of drug-likeness (QED) is 0.809. The van der Waals surface area contributed by atoms with Crippen molar-refractivity contribution in [3.63, 3.8) is 0 Å². The van der Waals surface area contributed by atoms with Gasteiger partial charge < -0.3 is 20.1 Å². The zero-order valence-electron chi connectivity index (χ0n) is 15.5. The summed E-state index contributed by atoms with van der Waals surface area (Å²) >= 11 is 0. The molecule has 2 aromatic carbocycles. The van der Waals surface area contributed by atoms with Crippen molar-refractivity contribution in [1.29, 1.82) is 0 Å². The Labute approximate surface area is 163 Å². The van der Waals surface area contributed by atoms with Gasteiger partial charge in [-0.1, -0.05) is 30.4 Å². The number of hydrogen-bond donors (Lipinski definition) is 1. The Morgan fingerprint density at radius 3 is 2.14 bits per heavy atom. The topological polar surface area (TPSA) is 89.5 Å². The maximum atomic E-state index is 12.6. The fraction of sp³-hybridized carbons (Fsp3) is 0.227. The minimum absolute atomic E-state index is 0.168. The molecule has 0 aromatic heterocycles. The summed E-state index contributed by atoms with van der Waals surface area (Å²) in [6.07, 6.45) is 4.22. The fourth-order valence-corrected chi connectivity index (χ4v) is 3.26. The van der Waals surface area contributed by atoms with Crippen molar-refractivity contribution < 1.29 is 19.5 Å². The average Bonchev–Trinajstić information content (AvgIpc) is 2.73. The van der Waals surface area contributed by atoms with Crippen LogP contribution in [0.15, 0.2) is 66.7 Å². The molecule has 6 heteroatoms. The summed E-state index contributed by atoms with van der Waals surface area (Å²) in [5.41, 5.74) is 1.77. The van der Waals surface area contributed by atoms with E-state index in [0.29, 0.717) is 24.1 Å². The molecule has 1 aliphatic carbocycles. The molecule has 0 heterocycles. The predicted molar refractivity (Wildman–Crippen MR) is 105 cm³/mol. The highest BCUT2D eigenvalue weighted by atomic mass is 16.4. The van der Waals surface area contributed by atoms with Crippen LogP contribution in [0.25, 0.3) is 0 Å². The molecule has 2 atom stereocenters. The molecule has 0 saturated heterocycles. The molecule has 2 aromatic rings. The van der Waals surface area contributed by atoms with Gasteiger partial charge in [0.25, 0.3) is 5.91 Å². The molecule has 3 rings (SSSR count). The Morgan fingerprint density at radius 1 is 0.929 bits per heavy atom. The second-order valence-corrected chi connectivity index (χ2v) is 6.74. The summed E-state index contributed by atoms with van der Waals surface area (Å²) in [6.45, 7) is 0. The normalized spacial score (nSPS) is 18.3. The van der Waals surface area contributed by atoms with Crippen molar-refractivity contribution in [2.24, 2.45) is 11.8 Å². The molecule has 0 fully saturated rings. The van der Waals surface area contributed by atoms with E-state index in [1.54, 1.807) is 42.3 Å². The molecule has 0 aliphatic heterocycles. The van der Waals surface area contributed by atoms with E-state index in [1.165, 1.54) is 0 Å². The molecule has 1 N–H and O–H groups in total. The molecule has 2 amide bonds. The van der Waals surface area contributed by atoms with Gasteiger partial charge in [0.05, 0.1) is 5.92 Å². The predicted octanol–water partition coefficient (Wildman–Crippen LogP) is 2.23. The lowest BCUT2D eigenvalue weighted by Crippen LogP contribution is -2.41. The van der Waals surface area contributed by atoms with Crippen molar-refractivity contribution >= 4 is 29.2 Å². The van der Waals surface area contributed by atoms with Crippen LogP contribution in [0.1, 0.15) is 23.2 Å². The molecule has 0 bridgehead atoms. The van der Waals surface area contributed by atoms with Crippen LogP contribution >= 0.6 is 0 Å². The van der Waals surface area contributed by atoms with Gasteiger partial charge in [-0.25, -0.2) is 0 Å². The van der Waals surface area contributed by atoms with Gasteiger partial charge in [0.1, 0.15) is 0 Å². The van der Waals surface area contributed by atoms with E-state index in [9.17, 15) is 19.5 Å². The number of aliphatic carboxylic acids is 1. The number of allylic oxidation sites excluding steroid dienone is 2. The highest BCUT2D eigenvalue weighted by molar-refractivity contribution is 6.06. The number of nitrogens with one attached hydrogen (secondary N) is 1. The molecular formula is C22H21N2O4-. The number of benzene rings is 2. The van der Waals surface area contributed by atoms with E-state index < -0.39 is 17.8 Å². The van der Waals surface area contributed by atoms with E-state index in [4.69, 9.17) is 0 Å². The highest BCUT2D eigenvalue weighted by Gasteiger charge is 2.29. The third-order valence-electron chi connectivity index (χ3n) is 4.92. The van der Waals surface area contributed by atoms with Gasteiger partial charge >= 0.3 is 0 Å². The molecule has 144 valence electrons. The number of carboxylic acids is 1. The lowest BCUT2D eigenvalue weighted by atomic mass is 9.82. The van der Waals surface area contributed by atoms with Crippen LogP contribution < -0.4 is 15.3 Å². The number of anilines is 2. The molecule has 0 radical (unpaired) electrons. The van der Waals surface area contributed by atoms with Gasteiger partial charge in [-0.3, -0.25) is 9.59 Å². The zero-order chi connectivity index (χ0) is 20.1. The van der Waals surface area contributed by atoms with Crippen LogP contribution in [0, 0.1) is 11.8 Å². The van der Waals surface area contributed by atoms with Crippen LogP contribution in [-0.4, -0.2) is 24.8 Å². The molecular weight excluding hydrogens is 356 g/mol. The van der Waals surface area contributed by atoms with Crippen molar-refractivity contribution in [2.45, 2.75) is 12.8 Å². The third kappa shape index (κ3) is 4.28. The van der Waals surface area contributed by atoms with Gasteiger partial charge in [-0.05, 0) is 49.2 Å². The zero-order valence-corrected chi connectivity index (χ0v) is 15.5. The first-order valence-electron chi connectivity index (χ1n) is 9.07. The first kappa shape index (κ1) is 19.4. The van der Waals surface area contributed by atoms with Crippen LogP contribution in [0.2, 0.25) is 0 Å². The number of rotatable bonds is 5. The van der Waals surface area contributed by atoms with Crippen molar-refractivity contribution in [1.82, 2.24) is 0 Å². The third-order valence-corrected chi connectivity index (χ3v) is 4.92. The Morgan fingerprint density at radius 2 is 1.54 bits per heavy atom. The first-order valence-corrected chi connectivity index (χ1v) is 9.07. The lowest BCUT2D eigenvalue weighted by molar-refractivity contribution is -0.313. The molecule has 6 nitrogen and oxygen atoms in total. The van der Waals surface area contributed by atoms with E-state index in [-0.39, 0.29) is 11.8 Å².